The minimum Gasteiger partial charge on any atom is -0.336 e. The topological polar surface area (TPSA) is 78.8 Å². The van der Waals surface area contributed by atoms with E-state index >= 15 is 0 Å². The van der Waals surface area contributed by atoms with Crippen LogP contribution in [-0.2, 0) is 27.8 Å². The van der Waals surface area contributed by atoms with Crippen LogP contribution in [0.4, 0.5) is 0 Å². The van der Waals surface area contributed by atoms with Gasteiger partial charge in [-0.3, -0.25) is 14.5 Å². The molecule has 0 saturated carbocycles. The number of sulfonamides is 1. The Morgan fingerprint density at radius 2 is 1.79 bits per heavy atom. The molecule has 0 saturated heterocycles. The van der Waals surface area contributed by atoms with Crippen LogP contribution >= 0.6 is 0 Å². The monoisotopic (exact) mass is 411 g/mol. The van der Waals surface area contributed by atoms with Crippen molar-refractivity contribution in [2.75, 3.05) is 6.54 Å². The normalized spacial score (nSPS) is 19.6. The number of carbonyl (C=O) groups is 1. The third-order valence-corrected chi connectivity index (χ3v) is 6.77. The van der Waals surface area contributed by atoms with Crippen molar-refractivity contribution in [1.29, 1.82) is 0 Å². The standard InChI is InChI=1S/C22H25N3O3S/c1-15(2)13-19(22(26)25-12-11-16-7-3-4-8-17(16)14-25)23-21-18-9-5-6-10-20(18)29(27,28)24-21/h3-10,15,19H,11-14H2,1-2H3,(H,23,24). The van der Waals surface area contributed by atoms with E-state index in [9.17, 15) is 13.2 Å². The Hall–Kier alpha value is -2.67. The number of carbonyl (C=O) groups excluding carboxylic acids is 1. The van der Waals surface area contributed by atoms with E-state index in [1.807, 2.05) is 30.9 Å². The number of nitrogens with one attached hydrogen (secondary N) is 1. The molecule has 1 N–H and O–H groups in total. The molecule has 7 heteroatoms. The van der Waals surface area contributed by atoms with Gasteiger partial charge in [-0.15, -0.1) is 0 Å². The van der Waals surface area contributed by atoms with Crippen molar-refractivity contribution in [1.82, 2.24) is 9.62 Å². The lowest BCUT2D eigenvalue weighted by Crippen LogP contribution is -2.42. The van der Waals surface area contributed by atoms with Crippen LogP contribution in [0.25, 0.3) is 0 Å². The van der Waals surface area contributed by atoms with Gasteiger partial charge >= 0.3 is 0 Å². The van der Waals surface area contributed by atoms with Crippen molar-refractivity contribution in [3.05, 3.63) is 65.2 Å². The fourth-order valence-electron chi connectivity index (χ4n) is 3.94. The Morgan fingerprint density at radius 1 is 1.10 bits per heavy atom. The van der Waals surface area contributed by atoms with Crippen molar-refractivity contribution < 1.29 is 13.2 Å². The number of benzene rings is 2. The maximum Gasteiger partial charge on any atom is 0.263 e. The summed E-state index contributed by atoms with van der Waals surface area (Å²) >= 11 is 0. The lowest BCUT2D eigenvalue weighted by Gasteiger charge is -2.31. The number of nitrogens with zero attached hydrogens (tertiary/aromatic N) is 2. The molecular weight excluding hydrogens is 386 g/mol. The van der Waals surface area contributed by atoms with Crippen LogP contribution in [0.15, 0.2) is 58.4 Å². The first kappa shape index (κ1) is 19.6. The first-order chi connectivity index (χ1) is 13.8. The number of hydrogen-bond donors (Lipinski definition) is 1. The number of hydrogen-bond acceptors (Lipinski definition) is 4. The number of amides is 1. The van der Waals surface area contributed by atoms with Crippen molar-refractivity contribution in [2.24, 2.45) is 10.9 Å². The maximum atomic E-state index is 13.3. The molecule has 6 nitrogen and oxygen atoms in total. The average Bonchev–Trinajstić information content (AvgIpc) is 2.96. The van der Waals surface area contributed by atoms with Gasteiger partial charge in [0.25, 0.3) is 10.0 Å². The Balaban J connectivity index is 1.64. The molecule has 0 aliphatic carbocycles. The van der Waals surface area contributed by atoms with Crippen molar-refractivity contribution in [3.63, 3.8) is 0 Å². The van der Waals surface area contributed by atoms with Crippen LogP contribution in [0.2, 0.25) is 0 Å². The molecule has 0 aromatic heterocycles. The molecule has 2 aliphatic rings. The fraction of sp³-hybridized carbons (Fsp3) is 0.364. The fourth-order valence-corrected chi connectivity index (χ4v) is 5.17. The Labute approximate surface area is 171 Å². The van der Waals surface area contributed by atoms with Gasteiger partial charge in [0.05, 0.1) is 4.90 Å². The van der Waals surface area contributed by atoms with Gasteiger partial charge in [-0.1, -0.05) is 50.2 Å². The molecule has 29 heavy (non-hydrogen) atoms. The van der Waals surface area contributed by atoms with E-state index in [0.29, 0.717) is 25.1 Å². The van der Waals surface area contributed by atoms with Crippen LogP contribution in [0.3, 0.4) is 0 Å². The Kier molecular flexibility index (Phi) is 5.17. The summed E-state index contributed by atoms with van der Waals surface area (Å²) in [6.07, 6.45) is 1.38. The van der Waals surface area contributed by atoms with Gasteiger partial charge < -0.3 is 4.90 Å². The molecule has 152 valence electrons. The number of fused-ring (bicyclic) bond motifs is 2. The summed E-state index contributed by atoms with van der Waals surface area (Å²) in [5.41, 5.74) is 2.97. The van der Waals surface area contributed by atoms with Crippen LogP contribution in [0, 0.1) is 5.92 Å². The highest BCUT2D eigenvalue weighted by molar-refractivity contribution is 7.90. The van der Waals surface area contributed by atoms with E-state index in [0.717, 1.165) is 12.0 Å². The summed E-state index contributed by atoms with van der Waals surface area (Å²) in [4.78, 5) is 20.0. The molecule has 1 unspecified atom stereocenters. The first-order valence-electron chi connectivity index (χ1n) is 9.91. The first-order valence-corrected chi connectivity index (χ1v) is 11.4. The van der Waals surface area contributed by atoms with E-state index < -0.39 is 16.1 Å². The highest BCUT2D eigenvalue weighted by Gasteiger charge is 2.33. The molecule has 2 heterocycles. The highest BCUT2D eigenvalue weighted by atomic mass is 32.2. The van der Waals surface area contributed by atoms with Crippen LogP contribution in [0.1, 0.15) is 37.0 Å². The second-order valence-electron chi connectivity index (χ2n) is 8.00. The SMILES string of the molecule is CC(C)CC(N=C1NS(=O)(=O)c2ccccc21)C(=O)N1CCc2ccccc2C1. The highest BCUT2D eigenvalue weighted by Crippen LogP contribution is 2.25. The number of rotatable bonds is 4. The number of aliphatic imine (C=N–C) groups is 1. The van der Waals surface area contributed by atoms with E-state index in [2.05, 4.69) is 21.8 Å². The zero-order valence-corrected chi connectivity index (χ0v) is 17.4. The minimum absolute atomic E-state index is 0.0516. The van der Waals surface area contributed by atoms with Gasteiger partial charge in [0.1, 0.15) is 11.9 Å². The maximum absolute atomic E-state index is 13.3. The Morgan fingerprint density at radius 3 is 2.55 bits per heavy atom. The van der Waals surface area contributed by atoms with E-state index in [1.54, 1.807) is 24.3 Å². The van der Waals surface area contributed by atoms with E-state index in [-0.39, 0.29) is 22.6 Å². The molecule has 1 atom stereocenters. The minimum atomic E-state index is -3.63. The lowest BCUT2D eigenvalue weighted by atomic mass is 9.97. The van der Waals surface area contributed by atoms with Gasteiger partial charge in [0.2, 0.25) is 5.91 Å². The van der Waals surface area contributed by atoms with Crippen LogP contribution in [-0.4, -0.2) is 37.6 Å². The zero-order valence-electron chi connectivity index (χ0n) is 16.6. The lowest BCUT2D eigenvalue weighted by molar-refractivity contribution is -0.133. The van der Waals surface area contributed by atoms with Gasteiger partial charge in [0, 0.05) is 18.7 Å². The molecule has 0 spiro atoms. The second-order valence-corrected chi connectivity index (χ2v) is 9.65. The summed E-state index contributed by atoms with van der Waals surface area (Å²) in [5, 5.41) is 0. The predicted molar refractivity (Wildman–Crippen MR) is 112 cm³/mol. The smallest absolute Gasteiger partial charge is 0.263 e. The van der Waals surface area contributed by atoms with E-state index in [4.69, 9.17) is 0 Å². The van der Waals surface area contributed by atoms with Gasteiger partial charge in [-0.2, -0.15) is 0 Å². The summed E-state index contributed by atoms with van der Waals surface area (Å²) in [5.74, 6) is 0.458. The van der Waals surface area contributed by atoms with E-state index in [1.165, 1.54) is 5.56 Å². The third-order valence-electron chi connectivity index (χ3n) is 5.37. The molecule has 0 fully saturated rings. The largest absolute Gasteiger partial charge is 0.336 e. The van der Waals surface area contributed by atoms with Crippen LogP contribution in [0.5, 0.6) is 0 Å². The molecule has 2 aromatic rings. The van der Waals surface area contributed by atoms with Gasteiger partial charge in [-0.25, -0.2) is 8.42 Å². The second kappa shape index (κ2) is 7.63. The summed E-state index contributed by atoms with van der Waals surface area (Å²) in [6.45, 7) is 5.30. The number of amidine groups is 1. The zero-order chi connectivity index (χ0) is 20.6. The Bertz CT molecular complexity index is 1080. The quantitative estimate of drug-likeness (QED) is 0.840. The molecule has 2 aromatic carbocycles. The van der Waals surface area contributed by atoms with Crippen molar-refractivity contribution >= 4 is 21.8 Å². The summed E-state index contributed by atoms with van der Waals surface area (Å²) in [6, 6.07) is 14.3. The van der Waals surface area contributed by atoms with Crippen LogP contribution < -0.4 is 4.72 Å². The third kappa shape index (κ3) is 3.92. The van der Waals surface area contributed by atoms with Gasteiger partial charge in [-0.05, 0) is 42.0 Å². The molecule has 0 bridgehead atoms. The summed E-state index contributed by atoms with van der Waals surface area (Å²) < 4.78 is 27.3. The van der Waals surface area contributed by atoms with Gasteiger partial charge in [0.15, 0.2) is 0 Å². The molecular formula is C22H25N3O3S. The van der Waals surface area contributed by atoms with Crippen molar-refractivity contribution in [2.45, 2.75) is 44.2 Å². The molecule has 4 rings (SSSR count). The average molecular weight is 412 g/mol. The molecule has 2 aliphatic heterocycles. The predicted octanol–water partition coefficient (Wildman–Crippen LogP) is 2.72. The summed E-state index contributed by atoms with van der Waals surface area (Å²) in [7, 11) is -3.63. The van der Waals surface area contributed by atoms with Crippen molar-refractivity contribution in [3.8, 4) is 0 Å². The molecule has 0 radical (unpaired) electrons. The molecule has 1 amide bonds.